The van der Waals surface area contributed by atoms with Gasteiger partial charge in [0.15, 0.2) is 6.10 Å². The second-order valence-corrected chi connectivity index (χ2v) is 3.77. The molecule has 6 heteroatoms. The summed E-state index contributed by atoms with van der Waals surface area (Å²) in [5.74, 6) is -0.737. The van der Waals surface area contributed by atoms with Gasteiger partial charge in [0.25, 0.3) is 0 Å². The summed E-state index contributed by atoms with van der Waals surface area (Å²) in [4.78, 5) is 24.1. The summed E-state index contributed by atoms with van der Waals surface area (Å²) in [5.41, 5.74) is 0. The Labute approximate surface area is 94.6 Å². The summed E-state index contributed by atoms with van der Waals surface area (Å²) in [5, 5.41) is 11.8. The minimum absolute atomic E-state index is 0.109. The number of amides is 2. The number of aliphatic hydroxyl groups excluding tert-OH is 1. The Morgan fingerprint density at radius 2 is 2.00 bits per heavy atom. The molecule has 16 heavy (non-hydrogen) atoms. The second-order valence-electron chi connectivity index (χ2n) is 3.77. The summed E-state index contributed by atoms with van der Waals surface area (Å²) in [6, 6.07) is -0.234. The standard InChI is InChI=1S/C10H18N2O4/c1-16-9(14)8(13)7-11-10(15)12-5-3-2-4-6-12/h8,13H,2-7H2,1H3,(H,11,15). The fraction of sp³-hybridized carbons (Fsp3) is 0.800. The molecule has 1 saturated heterocycles. The molecule has 1 aliphatic heterocycles. The molecule has 2 amide bonds. The molecule has 0 spiro atoms. The first-order valence-corrected chi connectivity index (χ1v) is 5.44. The van der Waals surface area contributed by atoms with Crippen LogP contribution in [0.4, 0.5) is 4.79 Å². The number of aliphatic hydroxyl groups is 1. The molecule has 0 aliphatic carbocycles. The lowest BCUT2D eigenvalue weighted by Gasteiger charge is -2.27. The van der Waals surface area contributed by atoms with Crippen LogP contribution in [0.25, 0.3) is 0 Å². The molecule has 1 rings (SSSR count). The van der Waals surface area contributed by atoms with Gasteiger partial charge in [0, 0.05) is 13.1 Å². The van der Waals surface area contributed by atoms with Crippen molar-refractivity contribution in [2.24, 2.45) is 0 Å². The highest BCUT2D eigenvalue weighted by Crippen LogP contribution is 2.08. The zero-order valence-corrected chi connectivity index (χ0v) is 9.44. The maximum atomic E-state index is 11.6. The molecule has 1 aliphatic rings. The summed E-state index contributed by atoms with van der Waals surface area (Å²) >= 11 is 0. The van der Waals surface area contributed by atoms with Gasteiger partial charge in [0.05, 0.1) is 13.7 Å². The minimum atomic E-state index is -1.29. The number of nitrogens with zero attached hydrogens (tertiary/aromatic N) is 1. The molecule has 0 aromatic carbocycles. The van der Waals surface area contributed by atoms with Gasteiger partial charge in [-0.05, 0) is 19.3 Å². The average Bonchev–Trinajstić information content (AvgIpc) is 2.35. The summed E-state index contributed by atoms with van der Waals surface area (Å²) in [6.07, 6.45) is 1.87. The van der Waals surface area contributed by atoms with Crippen LogP contribution in [0.2, 0.25) is 0 Å². The van der Waals surface area contributed by atoms with Crippen LogP contribution in [0.15, 0.2) is 0 Å². The van der Waals surface area contributed by atoms with E-state index in [-0.39, 0.29) is 12.6 Å². The number of carbonyl (C=O) groups is 2. The molecule has 6 nitrogen and oxygen atoms in total. The van der Waals surface area contributed by atoms with Gasteiger partial charge >= 0.3 is 12.0 Å². The number of hydrogen-bond acceptors (Lipinski definition) is 4. The van der Waals surface area contributed by atoms with Crippen LogP contribution >= 0.6 is 0 Å². The number of hydrogen-bond donors (Lipinski definition) is 2. The third-order valence-electron chi connectivity index (χ3n) is 2.56. The molecule has 1 heterocycles. The van der Waals surface area contributed by atoms with Crippen molar-refractivity contribution in [3.05, 3.63) is 0 Å². The van der Waals surface area contributed by atoms with E-state index in [9.17, 15) is 14.7 Å². The molecule has 0 aromatic heterocycles. The summed E-state index contributed by atoms with van der Waals surface area (Å²) in [6.45, 7) is 1.36. The molecular formula is C10H18N2O4. The number of rotatable bonds is 3. The number of nitrogens with one attached hydrogen (secondary N) is 1. The molecular weight excluding hydrogens is 212 g/mol. The van der Waals surface area contributed by atoms with Crippen molar-refractivity contribution in [3.8, 4) is 0 Å². The van der Waals surface area contributed by atoms with Crippen molar-refractivity contribution >= 4 is 12.0 Å². The molecule has 0 radical (unpaired) electrons. The molecule has 1 fully saturated rings. The van der Waals surface area contributed by atoms with Crippen LogP contribution in [-0.4, -0.2) is 54.9 Å². The van der Waals surface area contributed by atoms with Crippen molar-refractivity contribution in [2.75, 3.05) is 26.7 Å². The van der Waals surface area contributed by atoms with Crippen LogP contribution in [0, 0.1) is 0 Å². The summed E-state index contributed by atoms with van der Waals surface area (Å²) < 4.78 is 4.34. The predicted molar refractivity (Wildman–Crippen MR) is 56.8 cm³/mol. The Morgan fingerprint density at radius 1 is 1.38 bits per heavy atom. The molecule has 1 unspecified atom stereocenters. The van der Waals surface area contributed by atoms with E-state index in [1.54, 1.807) is 4.90 Å². The van der Waals surface area contributed by atoms with Crippen molar-refractivity contribution in [3.63, 3.8) is 0 Å². The zero-order chi connectivity index (χ0) is 12.0. The minimum Gasteiger partial charge on any atom is -0.467 e. The Bertz CT molecular complexity index is 251. The third kappa shape index (κ3) is 3.69. The van der Waals surface area contributed by atoms with E-state index in [1.165, 1.54) is 7.11 Å². The first-order chi connectivity index (χ1) is 7.65. The first-order valence-electron chi connectivity index (χ1n) is 5.44. The monoisotopic (exact) mass is 230 g/mol. The normalized spacial score (nSPS) is 17.8. The van der Waals surface area contributed by atoms with Crippen LogP contribution in [-0.2, 0) is 9.53 Å². The van der Waals surface area contributed by atoms with Crippen LogP contribution in [0.1, 0.15) is 19.3 Å². The Hall–Kier alpha value is -1.30. The largest absolute Gasteiger partial charge is 0.467 e. The van der Waals surface area contributed by atoms with Gasteiger partial charge in [0.2, 0.25) is 0 Å². The molecule has 92 valence electrons. The quantitative estimate of drug-likeness (QED) is 0.653. The van der Waals surface area contributed by atoms with E-state index in [0.717, 1.165) is 32.4 Å². The summed E-state index contributed by atoms with van der Waals surface area (Å²) in [7, 11) is 1.19. The molecule has 0 bridgehead atoms. The van der Waals surface area contributed by atoms with Gasteiger partial charge in [-0.2, -0.15) is 0 Å². The number of methoxy groups -OCH3 is 1. The Morgan fingerprint density at radius 3 is 2.56 bits per heavy atom. The van der Waals surface area contributed by atoms with Gasteiger partial charge in [-0.25, -0.2) is 9.59 Å². The van der Waals surface area contributed by atoms with Gasteiger partial charge in [0.1, 0.15) is 0 Å². The zero-order valence-electron chi connectivity index (χ0n) is 9.44. The number of ether oxygens (including phenoxy) is 1. The highest BCUT2D eigenvalue weighted by Gasteiger charge is 2.20. The number of carbonyl (C=O) groups excluding carboxylic acids is 2. The maximum Gasteiger partial charge on any atom is 0.336 e. The maximum absolute atomic E-state index is 11.6. The first kappa shape index (κ1) is 12.8. The lowest BCUT2D eigenvalue weighted by atomic mass is 10.1. The van der Waals surface area contributed by atoms with Crippen molar-refractivity contribution in [2.45, 2.75) is 25.4 Å². The van der Waals surface area contributed by atoms with Crippen molar-refractivity contribution in [1.82, 2.24) is 10.2 Å². The highest BCUT2D eigenvalue weighted by molar-refractivity contribution is 5.77. The number of piperidine rings is 1. The molecule has 0 aromatic rings. The molecule has 0 saturated carbocycles. The van der Waals surface area contributed by atoms with Gasteiger partial charge < -0.3 is 20.1 Å². The van der Waals surface area contributed by atoms with E-state index in [4.69, 9.17) is 0 Å². The fourth-order valence-corrected chi connectivity index (χ4v) is 1.61. The smallest absolute Gasteiger partial charge is 0.336 e. The Balaban J connectivity index is 2.26. The lowest BCUT2D eigenvalue weighted by molar-refractivity contribution is -0.149. The molecule has 2 N–H and O–H groups in total. The average molecular weight is 230 g/mol. The lowest BCUT2D eigenvalue weighted by Crippen LogP contribution is -2.46. The van der Waals surface area contributed by atoms with Crippen LogP contribution in [0.5, 0.6) is 0 Å². The topological polar surface area (TPSA) is 78.9 Å². The van der Waals surface area contributed by atoms with E-state index in [2.05, 4.69) is 10.1 Å². The van der Waals surface area contributed by atoms with Crippen molar-refractivity contribution in [1.29, 1.82) is 0 Å². The van der Waals surface area contributed by atoms with E-state index in [0.29, 0.717) is 0 Å². The van der Waals surface area contributed by atoms with Crippen molar-refractivity contribution < 1.29 is 19.4 Å². The Kier molecular flexibility index (Phi) is 5.04. The van der Waals surface area contributed by atoms with E-state index >= 15 is 0 Å². The number of esters is 1. The van der Waals surface area contributed by atoms with E-state index in [1.807, 2.05) is 0 Å². The highest BCUT2D eigenvalue weighted by atomic mass is 16.5. The van der Waals surface area contributed by atoms with E-state index < -0.39 is 12.1 Å². The fourth-order valence-electron chi connectivity index (χ4n) is 1.61. The number of likely N-dealkylation sites (tertiary alicyclic amines) is 1. The number of urea groups is 1. The molecule has 1 atom stereocenters. The third-order valence-corrected chi connectivity index (χ3v) is 2.56. The predicted octanol–water partition coefficient (Wildman–Crippen LogP) is -0.284. The SMILES string of the molecule is COC(=O)C(O)CNC(=O)N1CCCCC1. The van der Waals surface area contributed by atoms with Crippen LogP contribution < -0.4 is 5.32 Å². The van der Waals surface area contributed by atoms with Gasteiger partial charge in [-0.1, -0.05) is 0 Å². The van der Waals surface area contributed by atoms with Gasteiger partial charge in [-0.3, -0.25) is 0 Å². The van der Waals surface area contributed by atoms with Crippen LogP contribution in [0.3, 0.4) is 0 Å². The second kappa shape index (κ2) is 6.32. The van der Waals surface area contributed by atoms with Gasteiger partial charge in [-0.15, -0.1) is 0 Å².